The minimum atomic E-state index is -0.449. The predicted octanol–water partition coefficient (Wildman–Crippen LogP) is 3.52. The van der Waals surface area contributed by atoms with Crippen LogP contribution >= 0.6 is 23.2 Å². The summed E-state index contributed by atoms with van der Waals surface area (Å²) in [4.78, 5) is 19.2. The van der Waals surface area contributed by atoms with Crippen LogP contribution in [0.5, 0.6) is 0 Å². The Morgan fingerprint density at radius 3 is 2.76 bits per heavy atom. The molecule has 0 aromatic heterocycles. The van der Waals surface area contributed by atoms with Crippen molar-refractivity contribution in [2.45, 2.75) is 32.5 Å². The van der Waals surface area contributed by atoms with Crippen LogP contribution in [-0.2, 0) is 9.63 Å². The summed E-state index contributed by atoms with van der Waals surface area (Å²) in [7, 11) is 1.03. The number of carbonyl (C=O) groups is 1. The standard InChI is InChI=1S/C17H23BCl2N2O3/c1-18(24)22-8-7-12(11-22)9-14(23)4-6-17(21-25-2)13-3-5-15(19)16(20)10-13/h3,5,10,12,24H,4,6-9,11H2,1-2H3/b21-17+. The molecule has 0 spiro atoms. The minimum absolute atomic E-state index is 0.196. The lowest BCUT2D eigenvalue weighted by Crippen LogP contribution is -2.35. The molecule has 1 heterocycles. The maximum absolute atomic E-state index is 12.3. The summed E-state index contributed by atoms with van der Waals surface area (Å²) in [6, 6.07) is 5.24. The summed E-state index contributed by atoms with van der Waals surface area (Å²) in [6.07, 6.45) is 2.36. The number of ketones is 1. The molecule has 1 aromatic rings. The number of hydrogen-bond donors (Lipinski definition) is 1. The van der Waals surface area contributed by atoms with Crippen LogP contribution in [0.2, 0.25) is 16.9 Å². The molecule has 0 radical (unpaired) electrons. The van der Waals surface area contributed by atoms with Gasteiger partial charge < -0.3 is 14.7 Å². The Balaban J connectivity index is 1.89. The Bertz CT molecular complexity index is 640. The van der Waals surface area contributed by atoms with Crippen LogP contribution in [0.15, 0.2) is 23.4 Å². The van der Waals surface area contributed by atoms with Crippen molar-refractivity contribution in [2.75, 3.05) is 20.2 Å². The van der Waals surface area contributed by atoms with Gasteiger partial charge in [-0.3, -0.25) is 4.79 Å². The quantitative estimate of drug-likeness (QED) is 0.423. The first-order valence-corrected chi connectivity index (χ1v) is 9.15. The number of carbonyl (C=O) groups excluding carboxylic acids is 1. The highest BCUT2D eigenvalue weighted by Crippen LogP contribution is 2.25. The van der Waals surface area contributed by atoms with Crippen LogP contribution in [0, 0.1) is 5.92 Å². The molecule has 1 aromatic carbocycles. The number of halogens is 2. The summed E-state index contributed by atoms with van der Waals surface area (Å²) in [5.41, 5.74) is 1.47. The smallest absolute Gasteiger partial charge is 0.376 e. The van der Waals surface area contributed by atoms with E-state index in [1.807, 2.05) is 10.9 Å². The number of Topliss-reactive ketones (excluding diaryl/α,β-unsaturated/α-hetero) is 1. The van der Waals surface area contributed by atoms with E-state index in [-0.39, 0.29) is 5.78 Å². The zero-order valence-corrected chi connectivity index (χ0v) is 16.1. The Hall–Kier alpha value is -1.08. The van der Waals surface area contributed by atoms with E-state index >= 15 is 0 Å². The Kier molecular flexibility index (Phi) is 7.75. The van der Waals surface area contributed by atoms with Gasteiger partial charge in [-0.15, -0.1) is 0 Å². The first-order chi connectivity index (χ1) is 11.9. The highest BCUT2D eigenvalue weighted by atomic mass is 35.5. The molecule has 1 N–H and O–H groups in total. The van der Waals surface area contributed by atoms with Crippen molar-refractivity contribution < 1.29 is 14.7 Å². The third kappa shape index (κ3) is 5.99. The number of hydrogen-bond acceptors (Lipinski definition) is 5. The Labute approximate surface area is 159 Å². The average Bonchev–Trinajstić information content (AvgIpc) is 3.03. The summed E-state index contributed by atoms with van der Waals surface area (Å²) in [5.74, 6) is 0.510. The third-order valence-electron chi connectivity index (χ3n) is 4.46. The lowest BCUT2D eigenvalue weighted by atomic mass is 9.85. The average molecular weight is 385 g/mol. The molecule has 1 aliphatic rings. The van der Waals surface area contributed by atoms with Gasteiger partial charge in [-0.2, -0.15) is 0 Å². The minimum Gasteiger partial charge on any atom is -0.437 e. The van der Waals surface area contributed by atoms with Crippen molar-refractivity contribution in [3.63, 3.8) is 0 Å². The van der Waals surface area contributed by atoms with Gasteiger partial charge in [0, 0.05) is 24.8 Å². The molecule has 1 atom stereocenters. The molecule has 1 saturated heterocycles. The zero-order chi connectivity index (χ0) is 18.4. The lowest BCUT2D eigenvalue weighted by Gasteiger charge is -2.15. The van der Waals surface area contributed by atoms with E-state index in [0.29, 0.717) is 40.9 Å². The van der Waals surface area contributed by atoms with E-state index in [1.165, 1.54) is 7.11 Å². The molecule has 1 unspecified atom stereocenters. The van der Waals surface area contributed by atoms with Gasteiger partial charge in [0.1, 0.15) is 12.9 Å². The summed E-state index contributed by atoms with van der Waals surface area (Å²) < 4.78 is 0. The van der Waals surface area contributed by atoms with Gasteiger partial charge in [0.15, 0.2) is 0 Å². The fourth-order valence-corrected chi connectivity index (χ4v) is 3.38. The van der Waals surface area contributed by atoms with Crippen molar-refractivity contribution in [2.24, 2.45) is 11.1 Å². The maximum atomic E-state index is 12.3. The van der Waals surface area contributed by atoms with Gasteiger partial charge >= 0.3 is 7.05 Å². The van der Waals surface area contributed by atoms with Crippen molar-refractivity contribution >= 4 is 41.7 Å². The highest BCUT2D eigenvalue weighted by molar-refractivity contribution is 6.45. The highest BCUT2D eigenvalue weighted by Gasteiger charge is 2.28. The molecular formula is C17H23BCl2N2O3. The molecule has 0 aliphatic carbocycles. The molecular weight excluding hydrogens is 362 g/mol. The molecule has 136 valence electrons. The van der Waals surface area contributed by atoms with E-state index in [4.69, 9.17) is 28.0 Å². The first-order valence-electron chi connectivity index (χ1n) is 8.40. The van der Waals surface area contributed by atoms with E-state index in [9.17, 15) is 9.82 Å². The molecule has 0 amide bonds. The number of nitrogens with zero attached hydrogens (tertiary/aromatic N) is 2. The molecule has 1 fully saturated rings. The van der Waals surface area contributed by atoms with Crippen molar-refractivity contribution in [1.29, 1.82) is 0 Å². The number of oxime groups is 1. The molecule has 0 bridgehead atoms. The fraction of sp³-hybridized carbons (Fsp3) is 0.529. The third-order valence-corrected chi connectivity index (χ3v) is 5.20. The Morgan fingerprint density at radius 1 is 1.40 bits per heavy atom. The monoisotopic (exact) mass is 384 g/mol. The zero-order valence-electron chi connectivity index (χ0n) is 14.5. The summed E-state index contributed by atoms with van der Waals surface area (Å²) >= 11 is 12.0. The van der Waals surface area contributed by atoms with Gasteiger partial charge in [-0.1, -0.05) is 34.4 Å². The second kappa shape index (κ2) is 9.58. The molecule has 1 aliphatic heterocycles. The topological polar surface area (TPSA) is 62.1 Å². The van der Waals surface area contributed by atoms with E-state index in [0.717, 1.165) is 25.1 Å². The molecule has 2 rings (SSSR count). The van der Waals surface area contributed by atoms with Gasteiger partial charge in [0.05, 0.1) is 15.8 Å². The van der Waals surface area contributed by atoms with E-state index in [1.54, 1.807) is 19.0 Å². The van der Waals surface area contributed by atoms with Gasteiger partial charge in [0.25, 0.3) is 0 Å². The van der Waals surface area contributed by atoms with Crippen LogP contribution in [0.1, 0.15) is 31.2 Å². The second-order valence-corrected chi connectivity index (χ2v) is 7.19. The summed E-state index contributed by atoms with van der Waals surface area (Å²) in [6.45, 7) is 3.37. The fourth-order valence-electron chi connectivity index (χ4n) is 3.08. The normalized spacial score (nSPS) is 18.4. The van der Waals surface area contributed by atoms with Crippen LogP contribution in [-0.4, -0.2) is 48.6 Å². The van der Waals surface area contributed by atoms with E-state index in [2.05, 4.69) is 5.16 Å². The second-order valence-electron chi connectivity index (χ2n) is 6.37. The molecule has 0 saturated carbocycles. The Morgan fingerprint density at radius 2 is 2.16 bits per heavy atom. The van der Waals surface area contributed by atoms with Crippen molar-refractivity contribution in [3.05, 3.63) is 33.8 Å². The van der Waals surface area contributed by atoms with Crippen LogP contribution in [0.4, 0.5) is 0 Å². The van der Waals surface area contributed by atoms with E-state index < -0.39 is 7.05 Å². The molecule has 8 heteroatoms. The number of rotatable bonds is 8. The molecule has 25 heavy (non-hydrogen) atoms. The van der Waals surface area contributed by atoms with Crippen LogP contribution in [0.3, 0.4) is 0 Å². The SMILES string of the molecule is CO/N=C(\CCC(=O)CC1CCN(B(C)O)C1)c1ccc(Cl)c(Cl)c1. The van der Waals surface area contributed by atoms with Crippen molar-refractivity contribution in [1.82, 2.24) is 4.81 Å². The molecule has 5 nitrogen and oxygen atoms in total. The summed E-state index contributed by atoms with van der Waals surface area (Å²) in [5, 5.41) is 14.5. The number of benzene rings is 1. The van der Waals surface area contributed by atoms with Crippen LogP contribution in [0.25, 0.3) is 0 Å². The van der Waals surface area contributed by atoms with Gasteiger partial charge in [-0.05, 0) is 44.4 Å². The van der Waals surface area contributed by atoms with Gasteiger partial charge in [0.2, 0.25) is 0 Å². The maximum Gasteiger partial charge on any atom is 0.376 e. The van der Waals surface area contributed by atoms with Gasteiger partial charge in [-0.25, -0.2) is 0 Å². The lowest BCUT2D eigenvalue weighted by molar-refractivity contribution is -0.119. The van der Waals surface area contributed by atoms with Crippen LogP contribution < -0.4 is 0 Å². The first kappa shape index (κ1) is 20.2. The largest absolute Gasteiger partial charge is 0.437 e. The van der Waals surface area contributed by atoms with Crippen molar-refractivity contribution in [3.8, 4) is 0 Å². The predicted molar refractivity (Wildman–Crippen MR) is 102 cm³/mol.